The van der Waals surface area contributed by atoms with Gasteiger partial charge >= 0.3 is 5.97 Å². The maximum absolute atomic E-state index is 11.5. The number of rotatable bonds is 4. The summed E-state index contributed by atoms with van der Waals surface area (Å²) in [6, 6.07) is 3.66. The molecule has 0 aromatic heterocycles. The minimum atomic E-state index is -1.01. The Balaban J connectivity index is 5.00. The summed E-state index contributed by atoms with van der Waals surface area (Å²) >= 11 is 0. The van der Waals surface area contributed by atoms with Crippen molar-refractivity contribution in [2.45, 2.75) is 26.7 Å². The van der Waals surface area contributed by atoms with Gasteiger partial charge in [-0.2, -0.15) is 10.5 Å². The zero-order valence-corrected chi connectivity index (χ0v) is 8.70. The predicted molar refractivity (Wildman–Crippen MR) is 49.7 cm³/mol. The summed E-state index contributed by atoms with van der Waals surface area (Å²) in [6.45, 7) is 3.49. The maximum Gasteiger partial charge on any atom is 0.313 e. The zero-order chi connectivity index (χ0) is 11.2. The van der Waals surface area contributed by atoms with Crippen LogP contribution >= 0.6 is 0 Å². The van der Waals surface area contributed by atoms with Gasteiger partial charge in [-0.25, -0.2) is 0 Å². The Hall–Kier alpha value is -1.55. The first-order valence-corrected chi connectivity index (χ1v) is 4.44. The van der Waals surface area contributed by atoms with Crippen molar-refractivity contribution in [2.75, 3.05) is 7.11 Å². The molecule has 0 saturated heterocycles. The summed E-state index contributed by atoms with van der Waals surface area (Å²) in [4.78, 5) is 11.5. The normalized spacial score (nSPS) is 13.9. The van der Waals surface area contributed by atoms with Crippen molar-refractivity contribution in [1.82, 2.24) is 0 Å². The Labute approximate surface area is 84.1 Å². The number of hydrogen-bond acceptors (Lipinski definition) is 4. The third-order valence-corrected chi connectivity index (χ3v) is 2.32. The van der Waals surface area contributed by atoms with Gasteiger partial charge in [0.2, 0.25) is 0 Å². The molecule has 0 rings (SSSR count). The highest BCUT2D eigenvalue weighted by Crippen LogP contribution is 2.33. The van der Waals surface area contributed by atoms with E-state index in [1.54, 1.807) is 6.92 Å². The van der Waals surface area contributed by atoms with Crippen LogP contribution < -0.4 is 0 Å². The van der Waals surface area contributed by atoms with Crippen LogP contribution in [0.3, 0.4) is 0 Å². The minimum Gasteiger partial charge on any atom is -0.469 e. The van der Waals surface area contributed by atoms with Gasteiger partial charge in [0, 0.05) is 0 Å². The third kappa shape index (κ3) is 2.23. The van der Waals surface area contributed by atoms with E-state index in [0.717, 1.165) is 6.42 Å². The van der Waals surface area contributed by atoms with E-state index in [2.05, 4.69) is 4.74 Å². The van der Waals surface area contributed by atoms with Crippen LogP contribution in [0.1, 0.15) is 26.7 Å². The molecule has 0 aliphatic carbocycles. The molecule has 0 N–H and O–H groups in total. The molecule has 0 fully saturated rings. The van der Waals surface area contributed by atoms with Gasteiger partial charge in [-0.3, -0.25) is 4.79 Å². The number of nitrogens with zero attached hydrogens (tertiary/aromatic N) is 2. The summed E-state index contributed by atoms with van der Waals surface area (Å²) in [5.41, 5.74) is -1.01. The van der Waals surface area contributed by atoms with Gasteiger partial charge in [0.05, 0.1) is 24.7 Å². The van der Waals surface area contributed by atoms with E-state index in [4.69, 9.17) is 10.5 Å². The van der Waals surface area contributed by atoms with E-state index in [1.807, 2.05) is 19.1 Å². The fourth-order valence-corrected chi connectivity index (χ4v) is 1.43. The molecule has 0 aromatic rings. The average Bonchev–Trinajstić information content (AvgIpc) is 2.18. The largest absolute Gasteiger partial charge is 0.469 e. The average molecular weight is 194 g/mol. The Bertz CT molecular complexity index is 273. The SMILES string of the molecule is CCCC(C)(C(=O)OC)C(C#N)C#N. The number of methoxy groups -OCH3 is 1. The molecule has 0 bridgehead atoms. The number of carbonyl (C=O) groups excluding carboxylic acids is 1. The molecule has 76 valence electrons. The third-order valence-electron chi connectivity index (χ3n) is 2.32. The first-order chi connectivity index (χ1) is 6.56. The van der Waals surface area contributed by atoms with Crippen LogP contribution in [0.2, 0.25) is 0 Å². The van der Waals surface area contributed by atoms with Crippen LogP contribution in [0.25, 0.3) is 0 Å². The summed E-state index contributed by atoms with van der Waals surface area (Å²) in [6.07, 6.45) is 1.21. The summed E-state index contributed by atoms with van der Waals surface area (Å²) < 4.78 is 4.61. The zero-order valence-electron chi connectivity index (χ0n) is 8.70. The van der Waals surface area contributed by atoms with Crippen LogP contribution in [0, 0.1) is 34.0 Å². The van der Waals surface area contributed by atoms with Crippen molar-refractivity contribution in [3.8, 4) is 12.1 Å². The topological polar surface area (TPSA) is 73.9 Å². The number of ether oxygens (including phenoxy) is 1. The molecule has 0 radical (unpaired) electrons. The van der Waals surface area contributed by atoms with Gasteiger partial charge in [0.25, 0.3) is 0 Å². The smallest absolute Gasteiger partial charge is 0.313 e. The highest BCUT2D eigenvalue weighted by Gasteiger charge is 2.42. The van der Waals surface area contributed by atoms with Gasteiger partial charge in [-0.05, 0) is 13.3 Å². The molecule has 1 unspecified atom stereocenters. The quantitative estimate of drug-likeness (QED) is 0.637. The molecule has 0 spiro atoms. The molecule has 0 aliphatic rings. The highest BCUT2D eigenvalue weighted by molar-refractivity contribution is 5.77. The lowest BCUT2D eigenvalue weighted by molar-refractivity contribution is -0.153. The summed E-state index contributed by atoms with van der Waals surface area (Å²) in [5.74, 6) is -1.44. The summed E-state index contributed by atoms with van der Waals surface area (Å²) in [5, 5.41) is 17.5. The Morgan fingerprint density at radius 1 is 1.50 bits per heavy atom. The van der Waals surface area contributed by atoms with E-state index in [-0.39, 0.29) is 0 Å². The molecule has 14 heavy (non-hydrogen) atoms. The number of carbonyl (C=O) groups is 1. The van der Waals surface area contributed by atoms with E-state index in [9.17, 15) is 4.79 Å². The lowest BCUT2D eigenvalue weighted by atomic mass is 9.75. The van der Waals surface area contributed by atoms with Crippen molar-refractivity contribution in [3.05, 3.63) is 0 Å². The van der Waals surface area contributed by atoms with Crippen LogP contribution in [-0.2, 0) is 9.53 Å². The second-order valence-electron chi connectivity index (χ2n) is 3.35. The van der Waals surface area contributed by atoms with Gasteiger partial charge in [-0.15, -0.1) is 0 Å². The van der Waals surface area contributed by atoms with Gasteiger partial charge < -0.3 is 4.74 Å². The first kappa shape index (κ1) is 12.4. The molecular weight excluding hydrogens is 180 g/mol. The van der Waals surface area contributed by atoms with Crippen molar-refractivity contribution in [1.29, 1.82) is 10.5 Å². The molecule has 0 saturated carbocycles. The fourth-order valence-electron chi connectivity index (χ4n) is 1.43. The van der Waals surface area contributed by atoms with Crippen molar-refractivity contribution < 1.29 is 9.53 Å². The Morgan fingerprint density at radius 3 is 2.29 bits per heavy atom. The van der Waals surface area contributed by atoms with Gasteiger partial charge in [0.15, 0.2) is 0 Å². The second kappa shape index (κ2) is 5.24. The monoisotopic (exact) mass is 194 g/mol. The van der Waals surface area contributed by atoms with E-state index < -0.39 is 17.3 Å². The molecular formula is C10H14N2O2. The molecule has 0 aliphatic heterocycles. The molecule has 4 heteroatoms. The Morgan fingerprint density at radius 2 is 2.00 bits per heavy atom. The number of esters is 1. The van der Waals surface area contributed by atoms with E-state index in [1.165, 1.54) is 7.11 Å². The van der Waals surface area contributed by atoms with Crippen molar-refractivity contribution >= 4 is 5.97 Å². The van der Waals surface area contributed by atoms with Crippen LogP contribution in [-0.4, -0.2) is 13.1 Å². The fraction of sp³-hybridized carbons (Fsp3) is 0.700. The van der Waals surface area contributed by atoms with Crippen LogP contribution in [0.4, 0.5) is 0 Å². The van der Waals surface area contributed by atoms with E-state index >= 15 is 0 Å². The van der Waals surface area contributed by atoms with Gasteiger partial charge in [-0.1, -0.05) is 13.3 Å². The highest BCUT2D eigenvalue weighted by atomic mass is 16.5. The van der Waals surface area contributed by atoms with Gasteiger partial charge in [0.1, 0.15) is 5.92 Å². The minimum absolute atomic E-state index is 0.478. The van der Waals surface area contributed by atoms with Crippen molar-refractivity contribution in [3.63, 3.8) is 0 Å². The number of nitriles is 2. The second-order valence-corrected chi connectivity index (χ2v) is 3.35. The van der Waals surface area contributed by atoms with Crippen LogP contribution in [0.15, 0.2) is 0 Å². The lowest BCUT2D eigenvalue weighted by Crippen LogP contribution is -2.35. The molecule has 0 aromatic carbocycles. The lowest BCUT2D eigenvalue weighted by Gasteiger charge is -2.26. The van der Waals surface area contributed by atoms with E-state index in [0.29, 0.717) is 6.42 Å². The molecule has 0 heterocycles. The Kier molecular flexibility index (Phi) is 4.66. The van der Waals surface area contributed by atoms with Crippen LogP contribution in [0.5, 0.6) is 0 Å². The number of hydrogen-bond donors (Lipinski definition) is 0. The molecule has 0 amide bonds. The summed E-state index contributed by atoms with van der Waals surface area (Å²) in [7, 11) is 1.27. The molecule has 1 atom stereocenters. The predicted octanol–water partition coefficient (Wildman–Crippen LogP) is 1.63. The van der Waals surface area contributed by atoms with Crippen molar-refractivity contribution in [2.24, 2.45) is 11.3 Å². The first-order valence-electron chi connectivity index (χ1n) is 4.44. The standard InChI is InChI=1S/C10H14N2O2/c1-4-5-10(2,9(13)14-3)8(6-11)7-12/h8H,4-5H2,1-3H3. The molecule has 4 nitrogen and oxygen atoms in total. The maximum atomic E-state index is 11.5.